The van der Waals surface area contributed by atoms with Crippen LogP contribution in [0.5, 0.6) is 0 Å². The third kappa shape index (κ3) is 10.2. The molecule has 0 heterocycles. The number of hydrogen-bond acceptors (Lipinski definition) is 7. The van der Waals surface area contributed by atoms with Gasteiger partial charge in [-0.25, -0.2) is 0 Å². The van der Waals surface area contributed by atoms with Crippen molar-refractivity contribution < 1.29 is 14.2 Å². The van der Waals surface area contributed by atoms with Gasteiger partial charge in [0, 0.05) is 19.8 Å². The molecule has 7 heteroatoms. The van der Waals surface area contributed by atoms with Crippen molar-refractivity contribution in [2.75, 3.05) is 52.5 Å². The smallest absolute Gasteiger partial charge is 0.0637 e. The number of fused-ring (bicyclic) bond motifs is 5. The Morgan fingerprint density at radius 1 is 0.660 bits per heavy atom. The van der Waals surface area contributed by atoms with Gasteiger partial charge >= 0.3 is 0 Å². The first-order valence-corrected chi connectivity index (χ1v) is 20.6. The molecule has 7 N–H and O–H groups in total. The molecule has 4 rings (SSSR count). The number of nitrogens with one attached hydrogen (secondary N) is 1. The first kappa shape index (κ1) is 39.5. The summed E-state index contributed by atoms with van der Waals surface area (Å²) in [5.41, 5.74) is 18.3. The Bertz CT molecular complexity index is 848. The number of hydrogen-bond donors (Lipinski definition) is 4. The highest BCUT2D eigenvalue weighted by atomic mass is 16.5. The van der Waals surface area contributed by atoms with Crippen LogP contribution in [-0.2, 0) is 14.2 Å². The van der Waals surface area contributed by atoms with E-state index in [2.05, 4.69) is 26.1 Å². The second-order valence-electron chi connectivity index (χ2n) is 16.6. The number of ether oxygens (including phenoxy) is 3. The predicted molar refractivity (Wildman–Crippen MR) is 196 cm³/mol. The molecule has 4 aliphatic carbocycles. The SMILES string of the molecule is CCCCCCCCNCCCC[C@H]1CC[C@H]2[C@@H]3[C@H](OCCCN)C[C@@H]4C[C@H](OCCCN)CC[C@]4(C)[C@H]3CC(OCCCN)[C@]12C. The fourth-order valence-electron chi connectivity index (χ4n) is 11.0. The molecule has 0 amide bonds. The lowest BCUT2D eigenvalue weighted by Gasteiger charge is -2.64. The Morgan fingerprint density at radius 2 is 1.32 bits per heavy atom. The van der Waals surface area contributed by atoms with Gasteiger partial charge in [0.1, 0.15) is 0 Å². The molecule has 0 saturated heterocycles. The maximum Gasteiger partial charge on any atom is 0.0637 e. The standard InChI is InChI=1S/C40H78N4O3/c1-4-5-6-7-8-10-23-44-24-11-9-15-31-16-17-34-38-35(30-37(40(31,34)3)47-27-14-22-43)39(2)19-18-33(45-25-12-20-41)28-32(39)29-36(38)46-26-13-21-42/h31-38,44H,4-30,41-43H2,1-3H3/t31-,32-,33+,34-,35-,36+,37?,38-,39-,40+/m0/s1. The molecule has 1 unspecified atom stereocenters. The zero-order valence-electron chi connectivity index (χ0n) is 31.2. The fraction of sp³-hybridized carbons (Fsp3) is 1.00. The van der Waals surface area contributed by atoms with Crippen LogP contribution in [0, 0.1) is 40.4 Å². The molecule has 10 atom stereocenters. The number of rotatable bonds is 24. The van der Waals surface area contributed by atoms with Crippen LogP contribution in [0.15, 0.2) is 0 Å². The normalized spacial score (nSPS) is 36.6. The van der Waals surface area contributed by atoms with Crippen molar-refractivity contribution in [2.45, 2.75) is 161 Å². The Hall–Kier alpha value is -0.280. The van der Waals surface area contributed by atoms with Gasteiger partial charge in [-0.15, -0.1) is 0 Å². The summed E-state index contributed by atoms with van der Waals surface area (Å²) in [6.07, 6.45) is 24.7. The number of unbranched alkanes of at least 4 members (excludes halogenated alkanes) is 6. The quantitative estimate of drug-likeness (QED) is 0.0809. The maximum atomic E-state index is 6.99. The minimum Gasteiger partial charge on any atom is -0.378 e. The molecule has 4 aliphatic rings. The van der Waals surface area contributed by atoms with E-state index in [9.17, 15) is 0 Å². The molecule has 0 aromatic carbocycles. The molecule has 47 heavy (non-hydrogen) atoms. The highest BCUT2D eigenvalue weighted by Crippen LogP contribution is 2.69. The summed E-state index contributed by atoms with van der Waals surface area (Å²) in [6, 6.07) is 0. The molecule has 0 bridgehead atoms. The topological polar surface area (TPSA) is 118 Å². The van der Waals surface area contributed by atoms with Gasteiger partial charge in [0.15, 0.2) is 0 Å². The van der Waals surface area contributed by atoms with Crippen molar-refractivity contribution in [1.29, 1.82) is 0 Å². The molecular weight excluding hydrogens is 584 g/mol. The van der Waals surface area contributed by atoms with E-state index in [0.29, 0.717) is 67.0 Å². The largest absolute Gasteiger partial charge is 0.378 e. The van der Waals surface area contributed by atoms with E-state index in [0.717, 1.165) is 58.0 Å². The van der Waals surface area contributed by atoms with Crippen LogP contribution in [0.1, 0.15) is 143 Å². The minimum absolute atomic E-state index is 0.211. The fourth-order valence-corrected chi connectivity index (χ4v) is 11.0. The third-order valence-electron chi connectivity index (χ3n) is 13.8. The van der Waals surface area contributed by atoms with Gasteiger partial charge in [0.2, 0.25) is 0 Å². The van der Waals surface area contributed by atoms with Gasteiger partial charge in [-0.2, -0.15) is 0 Å². The molecular formula is C40H78N4O3. The lowest BCUT2D eigenvalue weighted by molar-refractivity contribution is -0.225. The van der Waals surface area contributed by atoms with Gasteiger partial charge in [0.25, 0.3) is 0 Å². The lowest BCUT2D eigenvalue weighted by Crippen LogP contribution is -2.63. The Balaban J connectivity index is 1.43. The first-order chi connectivity index (χ1) is 22.9. The van der Waals surface area contributed by atoms with Crippen molar-refractivity contribution in [2.24, 2.45) is 57.6 Å². The molecule has 0 aromatic rings. The Labute approximate surface area is 290 Å². The molecule has 0 aromatic heterocycles. The van der Waals surface area contributed by atoms with E-state index in [1.165, 1.54) is 103 Å². The van der Waals surface area contributed by atoms with E-state index >= 15 is 0 Å². The van der Waals surface area contributed by atoms with Gasteiger partial charge in [0.05, 0.1) is 18.3 Å². The van der Waals surface area contributed by atoms with E-state index in [1.807, 2.05) is 0 Å². The van der Waals surface area contributed by atoms with Crippen molar-refractivity contribution >= 4 is 0 Å². The molecule has 4 fully saturated rings. The van der Waals surface area contributed by atoms with Crippen molar-refractivity contribution in [3.05, 3.63) is 0 Å². The third-order valence-corrected chi connectivity index (χ3v) is 13.8. The van der Waals surface area contributed by atoms with Crippen LogP contribution in [0.3, 0.4) is 0 Å². The molecule has 0 aliphatic heterocycles. The highest BCUT2D eigenvalue weighted by molar-refractivity contribution is 5.14. The summed E-state index contributed by atoms with van der Waals surface area (Å²) in [7, 11) is 0. The second-order valence-corrected chi connectivity index (χ2v) is 16.6. The second kappa shape index (κ2) is 20.5. The van der Waals surface area contributed by atoms with E-state index in [4.69, 9.17) is 31.4 Å². The summed E-state index contributed by atoms with van der Waals surface area (Å²) in [4.78, 5) is 0. The summed E-state index contributed by atoms with van der Waals surface area (Å²) in [6.45, 7) is 14.4. The average molecular weight is 663 g/mol. The van der Waals surface area contributed by atoms with Gasteiger partial charge < -0.3 is 36.7 Å². The van der Waals surface area contributed by atoms with Crippen LogP contribution in [0.2, 0.25) is 0 Å². The molecule has 0 spiro atoms. The van der Waals surface area contributed by atoms with Crippen LogP contribution in [-0.4, -0.2) is 70.9 Å². The van der Waals surface area contributed by atoms with E-state index in [1.54, 1.807) is 0 Å². The summed E-state index contributed by atoms with van der Waals surface area (Å²) in [5.74, 6) is 3.29. The first-order valence-electron chi connectivity index (χ1n) is 20.6. The van der Waals surface area contributed by atoms with Crippen LogP contribution in [0.25, 0.3) is 0 Å². The summed E-state index contributed by atoms with van der Waals surface area (Å²) >= 11 is 0. The molecule has 4 saturated carbocycles. The zero-order chi connectivity index (χ0) is 33.5. The van der Waals surface area contributed by atoms with Gasteiger partial charge in [-0.05, 0) is 157 Å². The van der Waals surface area contributed by atoms with Crippen LogP contribution in [0.4, 0.5) is 0 Å². The summed E-state index contributed by atoms with van der Waals surface area (Å²) < 4.78 is 20.3. The minimum atomic E-state index is 0.211. The monoisotopic (exact) mass is 663 g/mol. The van der Waals surface area contributed by atoms with E-state index < -0.39 is 0 Å². The van der Waals surface area contributed by atoms with E-state index in [-0.39, 0.29) is 5.41 Å². The zero-order valence-corrected chi connectivity index (χ0v) is 31.2. The lowest BCUT2D eigenvalue weighted by atomic mass is 9.43. The van der Waals surface area contributed by atoms with Crippen LogP contribution < -0.4 is 22.5 Å². The van der Waals surface area contributed by atoms with Crippen molar-refractivity contribution in [3.63, 3.8) is 0 Å². The number of nitrogens with two attached hydrogens (primary N) is 3. The highest BCUT2D eigenvalue weighted by Gasteiger charge is 2.66. The van der Waals surface area contributed by atoms with Crippen LogP contribution >= 0.6 is 0 Å². The van der Waals surface area contributed by atoms with Crippen molar-refractivity contribution in [3.8, 4) is 0 Å². The van der Waals surface area contributed by atoms with Gasteiger partial charge in [-0.1, -0.05) is 59.3 Å². The molecule has 0 radical (unpaired) electrons. The molecule has 7 nitrogen and oxygen atoms in total. The Kier molecular flexibility index (Phi) is 17.3. The molecule has 276 valence electrons. The van der Waals surface area contributed by atoms with Gasteiger partial charge in [-0.3, -0.25) is 0 Å². The predicted octanol–water partition coefficient (Wildman–Crippen LogP) is 7.19. The van der Waals surface area contributed by atoms with Crippen molar-refractivity contribution in [1.82, 2.24) is 5.32 Å². The summed E-state index contributed by atoms with van der Waals surface area (Å²) in [5, 5.41) is 3.75. The average Bonchev–Trinajstić information content (AvgIpc) is 3.41. The maximum absolute atomic E-state index is 6.99. The Morgan fingerprint density at radius 3 is 2.04 bits per heavy atom.